The minimum Gasteiger partial charge on any atom is -0.354 e. The van der Waals surface area contributed by atoms with E-state index in [4.69, 9.17) is 4.98 Å². The minimum atomic E-state index is -0.902. The van der Waals surface area contributed by atoms with E-state index in [0.29, 0.717) is 39.4 Å². The van der Waals surface area contributed by atoms with Gasteiger partial charge in [0.15, 0.2) is 10.8 Å². The largest absolute Gasteiger partial charge is 0.354 e. The quantitative estimate of drug-likeness (QED) is 0.182. The van der Waals surface area contributed by atoms with Crippen LogP contribution in [0, 0.1) is 18.6 Å². The molecular weight excluding hydrogens is 572 g/mol. The van der Waals surface area contributed by atoms with Gasteiger partial charge < -0.3 is 10.2 Å². The third-order valence-electron chi connectivity index (χ3n) is 7.23. The lowest BCUT2D eigenvalue weighted by Gasteiger charge is -2.18. The van der Waals surface area contributed by atoms with E-state index in [9.17, 15) is 9.59 Å². The van der Waals surface area contributed by atoms with Crippen molar-refractivity contribution in [3.63, 3.8) is 0 Å². The Hall–Kier alpha value is -4.55. The molecule has 0 bridgehead atoms. The third kappa shape index (κ3) is 6.30. The number of halogens is 2. The Labute approximate surface area is 251 Å². The number of rotatable bonds is 11. The van der Waals surface area contributed by atoms with E-state index in [1.807, 2.05) is 0 Å². The van der Waals surface area contributed by atoms with E-state index >= 15 is 8.78 Å². The maximum absolute atomic E-state index is 15.0. The summed E-state index contributed by atoms with van der Waals surface area (Å²) in [6, 6.07) is 11.4. The summed E-state index contributed by atoms with van der Waals surface area (Å²) in [7, 11) is 0. The number of para-hydroxylation sites is 1. The number of hydrogen-bond acceptors (Lipinski definition) is 8. The Kier molecular flexibility index (Phi) is 9.17. The first-order valence-electron chi connectivity index (χ1n) is 14.0. The van der Waals surface area contributed by atoms with Crippen LogP contribution in [0.4, 0.5) is 19.9 Å². The molecule has 0 saturated carbocycles. The first kappa shape index (κ1) is 29.9. The van der Waals surface area contributed by atoms with Gasteiger partial charge in [0, 0.05) is 40.7 Å². The van der Waals surface area contributed by atoms with Gasteiger partial charge in [-0.3, -0.25) is 19.5 Å². The maximum atomic E-state index is 15.0. The van der Waals surface area contributed by atoms with Crippen LogP contribution in [-0.4, -0.2) is 56.5 Å². The SMILES string of the molecule is CCN(CC)CCCNc1nc(-c2cccc(C(=O)Nc3nccs3)c2C)c2ccc(=O)n(-c3c(F)cccc3F)c2n1. The van der Waals surface area contributed by atoms with Crippen molar-refractivity contribution in [1.29, 1.82) is 0 Å². The zero-order valence-corrected chi connectivity index (χ0v) is 24.8. The predicted molar refractivity (Wildman–Crippen MR) is 166 cm³/mol. The van der Waals surface area contributed by atoms with E-state index in [2.05, 4.69) is 39.3 Å². The number of nitrogens with one attached hydrogen (secondary N) is 2. The zero-order valence-electron chi connectivity index (χ0n) is 24.0. The van der Waals surface area contributed by atoms with Gasteiger partial charge in [0.25, 0.3) is 11.5 Å². The van der Waals surface area contributed by atoms with Gasteiger partial charge in [-0.15, -0.1) is 11.3 Å². The highest BCUT2D eigenvalue weighted by Crippen LogP contribution is 2.32. The van der Waals surface area contributed by atoms with Crippen molar-refractivity contribution in [2.24, 2.45) is 0 Å². The average molecular weight is 604 g/mol. The molecule has 1 amide bonds. The number of fused-ring (bicyclic) bond motifs is 1. The molecule has 0 atom stereocenters. The van der Waals surface area contributed by atoms with Gasteiger partial charge in [-0.05, 0) is 62.8 Å². The van der Waals surface area contributed by atoms with Gasteiger partial charge in [-0.25, -0.2) is 18.7 Å². The van der Waals surface area contributed by atoms with Crippen LogP contribution in [0.1, 0.15) is 36.2 Å². The topological polar surface area (TPSA) is 105 Å². The maximum Gasteiger partial charge on any atom is 0.257 e. The molecule has 0 saturated heterocycles. The zero-order chi connectivity index (χ0) is 30.5. The van der Waals surface area contributed by atoms with Crippen molar-refractivity contribution < 1.29 is 13.6 Å². The summed E-state index contributed by atoms with van der Waals surface area (Å²) in [5.41, 5.74) is 0.892. The normalized spacial score (nSPS) is 11.3. The summed E-state index contributed by atoms with van der Waals surface area (Å²) < 4.78 is 30.9. The number of thiazole rings is 1. The molecular formula is C31H31F2N7O2S. The second-order valence-electron chi connectivity index (χ2n) is 9.79. The summed E-state index contributed by atoms with van der Waals surface area (Å²) in [6.45, 7) is 9.25. The van der Waals surface area contributed by atoms with Gasteiger partial charge in [-0.2, -0.15) is 4.98 Å². The Bertz CT molecular complexity index is 1800. The second-order valence-corrected chi connectivity index (χ2v) is 10.7. The molecule has 3 heterocycles. The Morgan fingerprint density at radius 2 is 1.77 bits per heavy atom. The fourth-order valence-corrected chi connectivity index (χ4v) is 5.47. The van der Waals surface area contributed by atoms with Gasteiger partial charge in [0.1, 0.15) is 17.3 Å². The molecule has 0 aliphatic rings. The minimum absolute atomic E-state index is 0.0322. The first-order chi connectivity index (χ1) is 20.8. The van der Waals surface area contributed by atoms with E-state index in [1.54, 1.807) is 36.7 Å². The Balaban J connectivity index is 1.66. The molecule has 222 valence electrons. The molecule has 43 heavy (non-hydrogen) atoms. The summed E-state index contributed by atoms with van der Waals surface area (Å²) in [5.74, 6) is -1.95. The molecule has 2 aromatic carbocycles. The smallest absolute Gasteiger partial charge is 0.257 e. The summed E-state index contributed by atoms with van der Waals surface area (Å²) in [6.07, 6.45) is 2.40. The van der Waals surface area contributed by atoms with Crippen molar-refractivity contribution in [1.82, 2.24) is 24.4 Å². The molecule has 0 aliphatic heterocycles. The lowest BCUT2D eigenvalue weighted by atomic mass is 9.97. The van der Waals surface area contributed by atoms with Crippen LogP contribution in [0.25, 0.3) is 28.0 Å². The van der Waals surface area contributed by atoms with Gasteiger partial charge in [0.2, 0.25) is 5.95 Å². The molecule has 3 aromatic heterocycles. The molecule has 0 radical (unpaired) electrons. The summed E-state index contributed by atoms with van der Waals surface area (Å²) >= 11 is 1.30. The fraction of sp³-hybridized carbons (Fsp3) is 0.258. The van der Waals surface area contributed by atoms with E-state index < -0.39 is 22.9 Å². The number of benzene rings is 2. The van der Waals surface area contributed by atoms with E-state index in [-0.39, 0.29) is 17.5 Å². The lowest BCUT2D eigenvalue weighted by Crippen LogP contribution is -2.25. The fourth-order valence-electron chi connectivity index (χ4n) is 4.95. The Morgan fingerprint density at radius 3 is 2.47 bits per heavy atom. The first-order valence-corrected chi connectivity index (χ1v) is 14.9. The molecule has 12 heteroatoms. The highest BCUT2D eigenvalue weighted by Gasteiger charge is 2.22. The van der Waals surface area contributed by atoms with Crippen molar-refractivity contribution in [2.75, 3.05) is 36.8 Å². The summed E-state index contributed by atoms with van der Waals surface area (Å²) in [5, 5.41) is 8.64. The van der Waals surface area contributed by atoms with Crippen LogP contribution in [0.3, 0.4) is 0 Å². The average Bonchev–Trinajstić information content (AvgIpc) is 3.51. The number of aromatic nitrogens is 4. The van der Waals surface area contributed by atoms with Crippen LogP contribution in [-0.2, 0) is 0 Å². The van der Waals surface area contributed by atoms with Crippen molar-refractivity contribution >= 4 is 39.4 Å². The Morgan fingerprint density at radius 1 is 1.02 bits per heavy atom. The highest BCUT2D eigenvalue weighted by atomic mass is 32.1. The van der Waals surface area contributed by atoms with Crippen LogP contribution >= 0.6 is 11.3 Å². The predicted octanol–water partition coefficient (Wildman–Crippen LogP) is 5.89. The van der Waals surface area contributed by atoms with Gasteiger partial charge >= 0.3 is 0 Å². The second kappa shape index (κ2) is 13.2. The third-order valence-corrected chi connectivity index (χ3v) is 7.91. The molecule has 0 fully saturated rings. The number of amides is 1. The molecule has 9 nitrogen and oxygen atoms in total. The number of carbonyl (C=O) groups is 1. The number of carbonyl (C=O) groups excluding carboxylic acids is 1. The van der Waals surface area contributed by atoms with Gasteiger partial charge in [0.05, 0.1) is 5.69 Å². The monoisotopic (exact) mass is 603 g/mol. The van der Waals surface area contributed by atoms with Crippen molar-refractivity contribution in [3.8, 4) is 16.9 Å². The van der Waals surface area contributed by atoms with Crippen LogP contribution in [0.15, 0.2) is 64.9 Å². The summed E-state index contributed by atoms with van der Waals surface area (Å²) in [4.78, 5) is 42.1. The van der Waals surface area contributed by atoms with Crippen molar-refractivity contribution in [3.05, 3.63) is 93.2 Å². The standard InChI is InChI=1S/C31H31F2N7O2S/c1-4-39(5-2)17-8-15-34-30-36-26(20-9-6-10-21(19(20)3)29(42)38-31-35-16-18-43-31)22-13-14-25(41)40(28(22)37-30)27-23(32)11-7-12-24(27)33/h6-7,9-14,16,18H,4-5,8,15,17H2,1-3H3,(H,34,36,37)(H,35,38,42). The molecule has 0 spiro atoms. The van der Waals surface area contributed by atoms with Crippen LogP contribution < -0.4 is 16.2 Å². The molecule has 2 N–H and O–H groups in total. The van der Waals surface area contributed by atoms with Gasteiger partial charge in [-0.1, -0.05) is 32.0 Å². The van der Waals surface area contributed by atoms with Crippen LogP contribution in [0.2, 0.25) is 0 Å². The number of anilines is 2. The highest BCUT2D eigenvalue weighted by molar-refractivity contribution is 7.13. The molecule has 5 rings (SSSR count). The molecule has 5 aromatic rings. The van der Waals surface area contributed by atoms with E-state index in [0.717, 1.165) is 42.8 Å². The van der Waals surface area contributed by atoms with E-state index in [1.165, 1.54) is 29.5 Å². The van der Waals surface area contributed by atoms with Crippen LogP contribution in [0.5, 0.6) is 0 Å². The lowest BCUT2D eigenvalue weighted by molar-refractivity contribution is 0.102. The number of nitrogens with zero attached hydrogens (tertiary/aromatic N) is 5. The molecule has 0 aliphatic carbocycles. The molecule has 0 unspecified atom stereocenters. The number of hydrogen-bond donors (Lipinski definition) is 2. The number of pyridine rings is 1. The van der Waals surface area contributed by atoms with Crippen molar-refractivity contribution in [2.45, 2.75) is 27.2 Å².